The van der Waals surface area contributed by atoms with Crippen LogP contribution in [-0.4, -0.2) is 55.7 Å². The maximum Gasteiger partial charge on any atom is 0.345 e. The number of alkyl halides is 2. The van der Waals surface area contributed by atoms with Crippen LogP contribution in [0.5, 0.6) is 5.75 Å². The zero-order chi connectivity index (χ0) is 31.0. The highest BCUT2D eigenvalue weighted by Gasteiger charge is 2.54. The van der Waals surface area contributed by atoms with Gasteiger partial charge in [0, 0.05) is 20.2 Å². The summed E-state index contributed by atoms with van der Waals surface area (Å²) in [6, 6.07) is 16.2. The normalized spacial score (nSPS) is 21.4. The van der Waals surface area contributed by atoms with Crippen molar-refractivity contribution in [2.24, 2.45) is 11.8 Å². The van der Waals surface area contributed by atoms with Crippen molar-refractivity contribution in [3.63, 3.8) is 0 Å². The van der Waals surface area contributed by atoms with E-state index in [9.17, 15) is 24.0 Å². The van der Waals surface area contributed by atoms with Crippen LogP contribution in [0.15, 0.2) is 66.7 Å². The molecule has 0 radical (unpaired) electrons. The van der Waals surface area contributed by atoms with Crippen LogP contribution in [0.3, 0.4) is 0 Å². The van der Waals surface area contributed by atoms with E-state index in [1.807, 2.05) is 0 Å². The smallest absolute Gasteiger partial charge is 0.345 e. The fourth-order valence-electron chi connectivity index (χ4n) is 5.08. The average Bonchev–Trinajstić information content (AvgIpc) is 3.20. The molecule has 3 aromatic rings. The molecule has 4 atom stereocenters. The number of rotatable bonds is 7. The SMILES string of the molecule is O=C(CN(C(=O)c1ccccc1Cl)N1C(=O)[C@H]2C[C@@H](Br)[C@@H](Br)C[C@H]2C1=O)c1ccc(OC(=O)c2ccc(Cl)cc2Cl)cc1. The summed E-state index contributed by atoms with van der Waals surface area (Å²) in [6.45, 7) is -0.615. The van der Waals surface area contributed by atoms with E-state index in [-0.39, 0.29) is 42.1 Å². The van der Waals surface area contributed by atoms with Crippen molar-refractivity contribution in [1.82, 2.24) is 10.0 Å². The molecule has 3 amide bonds. The second-order valence-corrected chi connectivity index (χ2v) is 13.6. The van der Waals surface area contributed by atoms with Crippen LogP contribution < -0.4 is 4.74 Å². The minimum atomic E-state index is -0.768. The number of hydrazine groups is 1. The average molecular weight is 772 g/mol. The molecular weight excluding hydrogens is 751 g/mol. The Morgan fingerprint density at radius 1 is 0.814 bits per heavy atom. The summed E-state index contributed by atoms with van der Waals surface area (Å²) in [7, 11) is 0. The van der Waals surface area contributed by atoms with E-state index < -0.39 is 47.9 Å². The number of fused-ring (bicyclic) bond motifs is 1. The van der Waals surface area contributed by atoms with Gasteiger partial charge in [0.05, 0.1) is 33.0 Å². The van der Waals surface area contributed by atoms with Gasteiger partial charge in [-0.3, -0.25) is 19.2 Å². The molecule has 8 nitrogen and oxygen atoms in total. The van der Waals surface area contributed by atoms with Crippen LogP contribution in [0.25, 0.3) is 0 Å². The van der Waals surface area contributed by atoms with Crippen molar-refractivity contribution in [3.8, 4) is 5.75 Å². The van der Waals surface area contributed by atoms with Gasteiger partial charge in [0.1, 0.15) is 12.3 Å². The van der Waals surface area contributed by atoms with E-state index in [0.29, 0.717) is 17.9 Å². The van der Waals surface area contributed by atoms with Gasteiger partial charge in [-0.2, -0.15) is 5.01 Å². The molecule has 0 aromatic heterocycles. The number of amides is 3. The van der Waals surface area contributed by atoms with Crippen molar-refractivity contribution in [2.45, 2.75) is 22.5 Å². The summed E-state index contributed by atoms with van der Waals surface area (Å²) < 4.78 is 5.36. The zero-order valence-electron chi connectivity index (χ0n) is 22.0. The lowest BCUT2D eigenvalue weighted by molar-refractivity contribution is -0.154. The minimum Gasteiger partial charge on any atom is -0.423 e. The van der Waals surface area contributed by atoms with Crippen molar-refractivity contribution in [3.05, 3.63) is 98.5 Å². The number of halogens is 5. The molecule has 1 saturated carbocycles. The molecule has 0 N–H and O–H groups in total. The first-order valence-corrected chi connectivity index (χ1v) is 16.0. The highest BCUT2D eigenvalue weighted by molar-refractivity contribution is 9.12. The third-order valence-corrected chi connectivity index (χ3v) is 10.9. The number of nitrogens with zero attached hydrogens (tertiary/aromatic N) is 2. The Morgan fingerprint density at radius 3 is 2.00 bits per heavy atom. The number of esters is 1. The Balaban J connectivity index is 1.39. The van der Waals surface area contributed by atoms with Gasteiger partial charge in [-0.05, 0) is 67.4 Å². The van der Waals surface area contributed by atoms with Gasteiger partial charge in [0.15, 0.2) is 5.78 Å². The van der Waals surface area contributed by atoms with Crippen LogP contribution in [0.4, 0.5) is 0 Å². The topological polar surface area (TPSA) is 101 Å². The predicted octanol–water partition coefficient (Wildman–Crippen LogP) is 7.03. The number of Topliss-reactive ketones (excluding diaryl/α,β-unsaturated/α-hetero) is 1. The van der Waals surface area contributed by atoms with Crippen LogP contribution in [-0.2, 0) is 9.59 Å². The second kappa shape index (κ2) is 13.1. The highest BCUT2D eigenvalue weighted by atomic mass is 79.9. The Labute approximate surface area is 278 Å². The minimum absolute atomic E-state index is 0.0345. The Bertz CT molecular complexity index is 1610. The van der Waals surface area contributed by atoms with Gasteiger partial charge >= 0.3 is 5.97 Å². The van der Waals surface area contributed by atoms with Crippen LogP contribution in [0.2, 0.25) is 15.1 Å². The van der Waals surface area contributed by atoms with Crippen molar-refractivity contribution in [1.29, 1.82) is 0 Å². The van der Waals surface area contributed by atoms with E-state index >= 15 is 0 Å². The molecule has 222 valence electrons. The lowest BCUT2D eigenvalue weighted by atomic mass is 9.81. The molecule has 0 spiro atoms. The van der Waals surface area contributed by atoms with Crippen LogP contribution in [0, 0.1) is 11.8 Å². The predicted molar refractivity (Wildman–Crippen MR) is 168 cm³/mol. The molecule has 0 bridgehead atoms. The molecule has 1 aliphatic carbocycles. The van der Waals surface area contributed by atoms with Gasteiger partial charge < -0.3 is 4.74 Å². The van der Waals surface area contributed by atoms with E-state index in [2.05, 4.69) is 31.9 Å². The summed E-state index contributed by atoms with van der Waals surface area (Å²) in [6.07, 6.45) is 0.788. The molecule has 43 heavy (non-hydrogen) atoms. The van der Waals surface area contributed by atoms with Gasteiger partial charge in [0.2, 0.25) is 0 Å². The Hall–Kier alpha value is -2.76. The van der Waals surface area contributed by atoms with Crippen LogP contribution in [0.1, 0.15) is 43.9 Å². The summed E-state index contributed by atoms with van der Waals surface area (Å²) in [5.74, 6) is -4.27. The van der Waals surface area contributed by atoms with E-state index in [4.69, 9.17) is 39.5 Å². The largest absolute Gasteiger partial charge is 0.423 e. The van der Waals surface area contributed by atoms with Gasteiger partial charge in [-0.15, -0.1) is 0 Å². The molecule has 1 aliphatic heterocycles. The summed E-state index contributed by atoms with van der Waals surface area (Å²) in [4.78, 5) is 66.8. The van der Waals surface area contributed by atoms with Gasteiger partial charge in [-0.25, -0.2) is 9.80 Å². The van der Waals surface area contributed by atoms with E-state index in [1.54, 1.807) is 12.1 Å². The maximum atomic E-state index is 13.8. The maximum absolute atomic E-state index is 13.8. The zero-order valence-corrected chi connectivity index (χ0v) is 27.5. The molecule has 13 heteroatoms. The first kappa shape index (κ1) is 31.7. The number of hydrogen-bond acceptors (Lipinski definition) is 6. The molecule has 2 aliphatic rings. The van der Waals surface area contributed by atoms with Gasteiger partial charge in [-0.1, -0.05) is 78.8 Å². The number of ether oxygens (including phenoxy) is 1. The monoisotopic (exact) mass is 768 g/mol. The highest BCUT2D eigenvalue weighted by Crippen LogP contribution is 2.44. The number of carbonyl (C=O) groups is 5. The standard InChI is InChI=1S/C30H21Br2Cl3N2O6/c31-22-12-20-21(13-23(22)32)29(41)37(28(20)40)36(27(39)18-3-1-2-4-24(18)34)14-26(38)15-5-8-17(9-6-15)43-30(42)19-10-7-16(33)11-25(19)35/h1-11,20-23H,12-14H2/t20-,21+,22+,23-. The van der Waals surface area contributed by atoms with Crippen molar-refractivity contribution >= 4 is 96.1 Å². The quantitative estimate of drug-likeness (QED) is 0.0842. The first-order chi connectivity index (χ1) is 20.5. The summed E-state index contributed by atoms with van der Waals surface area (Å²) in [5.41, 5.74) is 0.295. The molecular formula is C30H21Br2Cl3N2O6. The molecule has 3 aromatic carbocycles. The number of carbonyl (C=O) groups excluding carboxylic acids is 5. The molecule has 2 fully saturated rings. The molecule has 5 rings (SSSR count). The lowest BCUT2D eigenvalue weighted by Gasteiger charge is -2.30. The Kier molecular flexibility index (Phi) is 9.63. The first-order valence-electron chi connectivity index (χ1n) is 13.0. The third kappa shape index (κ3) is 6.54. The molecule has 0 unspecified atom stereocenters. The Morgan fingerprint density at radius 2 is 1.42 bits per heavy atom. The number of ketones is 1. The fraction of sp³-hybridized carbons (Fsp3) is 0.233. The second-order valence-electron chi connectivity index (χ2n) is 10.0. The lowest BCUT2D eigenvalue weighted by Crippen LogP contribution is -2.52. The van der Waals surface area contributed by atoms with E-state index in [1.165, 1.54) is 54.6 Å². The number of imide groups is 1. The summed E-state index contributed by atoms with van der Waals surface area (Å²) >= 11 is 25.4. The van der Waals surface area contributed by atoms with Crippen LogP contribution >= 0.6 is 66.7 Å². The molecule has 1 heterocycles. The number of benzene rings is 3. The van der Waals surface area contributed by atoms with Crippen molar-refractivity contribution in [2.75, 3.05) is 6.54 Å². The van der Waals surface area contributed by atoms with Gasteiger partial charge in [0.25, 0.3) is 17.7 Å². The number of hydrogen-bond donors (Lipinski definition) is 0. The van der Waals surface area contributed by atoms with Crippen molar-refractivity contribution < 1.29 is 28.7 Å². The fourth-order valence-corrected chi connectivity index (χ4v) is 7.02. The summed E-state index contributed by atoms with van der Waals surface area (Å²) in [5, 5.41) is 2.26. The van der Waals surface area contributed by atoms with E-state index in [0.717, 1.165) is 10.0 Å². The third-order valence-electron chi connectivity index (χ3n) is 7.30. The molecule has 1 saturated heterocycles.